The lowest BCUT2D eigenvalue weighted by Crippen LogP contribution is -2.48. The monoisotopic (exact) mass is 428 g/mol. The van der Waals surface area contributed by atoms with E-state index in [0.717, 1.165) is 23.0 Å². The highest BCUT2D eigenvalue weighted by atomic mass is 32.2. The summed E-state index contributed by atoms with van der Waals surface area (Å²) in [5, 5.41) is 0. The van der Waals surface area contributed by atoms with Crippen LogP contribution in [0.25, 0.3) is 5.82 Å². The van der Waals surface area contributed by atoms with Crippen molar-refractivity contribution in [2.45, 2.75) is 18.7 Å². The van der Waals surface area contributed by atoms with E-state index in [1.54, 1.807) is 30.6 Å². The molecule has 0 N–H and O–H groups in total. The number of benzene rings is 1. The first kappa shape index (κ1) is 20.3. The van der Waals surface area contributed by atoms with Gasteiger partial charge in [-0.2, -0.15) is 4.31 Å². The van der Waals surface area contributed by atoms with Crippen LogP contribution >= 0.6 is 0 Å². The third kappa shape index (κ3) is 3.75. The van der Waals surface area contributed by atoms with Gasteiger partial charge in [0.1, 0.15) is 30.0 Å². The molecule has 0 radical (unpaired) electrons. The van der Waals surface area contributed by atoms with Gasteiger partial charge in [-0.05, 0) is 26.0 Å². The molecule has 0 unspecified atom stereocenters. The van der Waals surface area contributed by atoms with E-state index in [2.05, 4.69) is 19.9 Å². The van der Waals surface area contributed by atoms with E-state index in [1.165, 1.54) is 17.7 Å². The first-order chi connectivity index (χ1) is 14.4. The Morgan fingerprint density at radius 3 is 2.37 bits per heavy atom. The van der Waals surface area contributed by atoms with Crippen LogP contribution in [-0.2, 0) is 10.0 Å². The molecule has 158 valence electrons. The Labute approximate surface area is 176 Å². The van der Waals surface area contributed by atoms with Crippen LogP contribution in [0.15, 0.2) is 47.9 Å². The Balaban J connectivity index is 1.50. The quantitative estimate of drug-likeness (QED) is 0.612. The highest BCUT2D eigenvalue weighted by Crippen LogP contribution is 2.24. The van der Waals surface area contributed by atoms with Gasteiger partial charge in [0, 0.05) is 44.0 Å². The fourth-order valence-corrected chi connectivity index (χ4v) is 4.90. The van der Waals surface area contributed by atoms with E-state index in [9.17, 15) is 8.42 Å². The zero-order chi connectivity index (χ0) is 21.3. The molecule has 4 rings (SSSR count). The molecule has 9 nitrogen and oxygen atoms in total. The molecule has 0 saturated carbocycles. The third-order valence-corrected chi connectivity index (χ3v) is 7.27. The molecule has 1 aliphatic heterocycles. The number of aromatic nitrogens is 4. The van der Waals surface area contributed by atoms with Gasteiger partial charge in [-0.3, -0.25) is 4.57 Å². The molecular weight excluding hydrogens is 404 g/mol. The van der Waals surface area contributed by atoms with Gasteiger partial charge in [0.05, 0.1) is 17.7 Å². The topological polar surface area (TPSA) is 93.5 Å². The standard InChI is InChI=1S/C20H24N6O3S/c1-15-16(2)26(14-23-15)20-12-19(21-13-22-20)24-7-9-25(10-8-24)30(27,28)18-6-4-5-17(11-18)29-3/h4-6,11-14H,7-10H2,1-3H3. The number of hydrogen-bond acceptors (Lipinski definition) is 7. The lowest BCUT2D eigenvalue weighted by Gasteiger charge is -2.34. The van der Waals surface area contributed by atoms with Crippen molar-refractivity contribution in [3.05, 3.63) is 54.4 Å². The van der Waals surface area contributed by atoms with Crippen LogP contribution in [-0.4, -0.2) is 65.5 Å². The van der Waals surface area contributed by atoms with Crippen LogP contribution in [0.2, 0.25) is 0 Å². The molecular formula is C20H24N6O3S. The molecule has 3 heterocycles. The number of imidazole rings is 1. The van der Waals surface area contributed by atoms with Crippen LogP contribution in [0, 0.1) is 13.8 Å². The van der Waals surface area contributed by atoms with Crippen LogP contribution in [0.3, 0.4) is 0 Å². The minimum absolute atomic E-state index is 0.241. The summed E-state index contributed by atoms with van der Waals surface area (Å²) in [6.45, 7) is 5.79. The Hall–Kier alpha value is -2.98. The zero-order valence-electron chi connectivity index (χ0n) is 17.2. The van der Waals surface area contributed by atoms with Crippen LogP contribution in [0.1, 0.15) is 11.4 Å². The molecule has 1 saturated heterocycles. The van der Waals surface area contributed by atoms with Crippen molar-refractivity contribution < 1.29 is 13.2 Å². The summed E-state index contributed by atoms with van der Waals surface area (Å²) in [5.41, 5.74) is 1.97. The number of nitrogens with zero attached hydrogens (tertiary/aromatic N) is 6. The number of ether oxygens (including phenoxy) is 1. The summed E-state index contributed by atoms with van der Waals surface area (Å²) in [6.07, 6.45) is 3.27. The van der Waals surface area contributed by atoms with E-state index in [0.29, 0.717) is 31.9 Å². The predicted octanol–water partition coefficient (Wildman–Crippen LogP) is 1.80. The first-order valence-corrected chi connectivity index (χ1v) is 11.1. The second-order valence-electron chi connectivity index (χ2n) is 7.09. The number of rotatable bonds is 5. The molecule has 3 aromatic rings. The van der Waals surface area contributed by atoms with Crippen molar-refractivity contribution >= 4 is 15.8 Å². The van der Waals surface area contributed by atoms with Crippen molar-refractivity contribution in [2.24, 2.45) is 0 Å². The van der Waals surface area contributed by atoms with E-state index >= 15 is 0 Å². The van der Waals surface area contributed by atoms with E-state index in [4.69, 9.17) is 4.74 Å². The maximum atomic E-state index is 13.0. The lowest BCUT2D eigenvalue weighted by atomic mass is 10.3. The predicted molar refractivity (Wildman–Crippen MR) is 113 cm³/mol. The van der Waals surface area contributed by atoms with Crippen molar-refractivity contribution in [2.75, 3.05) is 38.2 Å². The number of hydrogen-bond donors (Lipinski definition) is 0. The van der Waals surface area contributed by atoms with Gasteiger partial charge in [-0.15, -0.1) is 0 Å². The minimum atomic E-state index is -3.57. The van der Waals surface area contributed by atoms with Crippen molar-refractivity contribution in [1.29, 1.82) is 0 Å². The van der Waals surface area contributed by atoms with Gasteiger partial charge < -0.3 is 9.64 Å². The third-order valence-electron chi connectivity index (χ3n) is 5.38. The van der Waals surface area contributed by atoms with E-state index in [1.807, 2.05) is 24.5 Å². The molecule has 1 aromatic carbocycles. The van der Waals surface area contributed by atoms with Gasteiger partial charge in [0.25, 0.3) is 0 Å². The second-order valence-corrected chi connectivity index (χ2v) is 9.03. The van der Waals surface area contributed by atoms with Gasteiger partial charge in [0.15, 0.2) is 0 Å². The number of anilines is 1. The fraction of sp³-hybridized carbons (Fsp3) is 0.350. The second kappa shape index (κ2) is 8.04. The average Bonchev–Trinajstić information content (AvgIpc) is 3.12. The Bertz CT molecular complexity index is 1150. The van der Waals surface area contributed by atoms with Crippen LogP contribution in [0.4, 0.5) is 5.82 Å². The molecule has 30 heavy (non-hydrogen) atoms. The highest BCUT2D eigenvalue weighted by Gasteiger charge is 2.29. The molecule has 0 atom stereocenters. The Morgan fingerprint density at radius 1 is 0.967 bits per heavy atom. The fourth-order valence-electron chi connectivity index (χ4n) is 3.44. The molecule has 2 aromatic heterocycles. The summed E-state index contributed by atoms with van der Waals surface area (Å²) in [5.74, 6) is 2.03. The summed E-state index contributed by atoms with van der Waals surface area (Å²) in [7, 11) is -2.05. The van der Waals surface area contributed by atoms with Crippen molar-refractivity contribution in [3.63, 3.8) is 0 Å². The van der Waals surface area contributed by atoms with Crippen molar-refractivity contribution in [3.8, 4) is 11.6 Å². The Morgan fingerprint density at radius 2 is 1.70 bits per heavy atom. The molecule has 10 heteroatoms. The number of piperazine rings is 1. The maximum absolute atomic E-state index is 13.0. The summed E-state index contributed by atoms with van der Waals surface area (Å²) in [6, 6.07) is 8.46. The molecule has 0 bridgehead atoms. The van der Waals surface area contributed by atoms with Gasteiger partial charge in [-0.25, -0.2) is 23.4 Å². The average molecular weight is 429 g/mol. The molecule has 1 fully saturated rings. The molecule has 0 aliphatic carbocycles. The van der Waals surface area contributed by atoms with Crippen LogP contribution < -0.4 is 9.64 Å². The number of sulfonamides is 1. The summed E-state index contributed by atoms with van der Waals surface area (Å²) >= 11 is 0. The zero-order valence-corrected chi connectivity index (χ0v) is 18.0. The molecule has 0 amide bonds. The molecule has 1 aliphatic rings. The Kier molecular flexibility index (Phi) is 5.44. The minimum Gasteiger partial charge on any atom is -0.497 e. The van der Waals surface area contributed by atoms with E-state index in [-0.39, 0.29) is 4.90 Å². The summed E-state index contributed by atoms with van der Waals surface area (Å²) in [4.78, 5) is 15.4. The van der Waals surface area contributed by atoms with Crippen molar-refractivity contribution in [1.82, 2.24) is 23.8 Å². The number of aryl methyl sites for hydroxylation is 1. The van der Waals surface area contributed by atoms with Gasteiger partial charge >= 0.3 is 0 Å². The molecule has 0 spiro atoms. The van der Waals surface area contributed by atoms with Gasteiger partial charge in [0.2, 0.25) is 10.0 Å². The largest absolute Gasteiger partial charge is 0.497 e. The van der Waals surface area contributed by atoms with E-state index < -0.39 is 10.0 Å². The first-order valence-electron chi connectivity index (χ1n) is 9.62. The smallest absolute Gasteiger partial charge is 0.243 e. The lowest BCUT2D eigenvalue weighted by molar-refractivity contribution is 0.382. The highest BCUT2D eigenvalue weighted by molar-refractivity contribution is 7.89. The maximum Gasteiger partial charge on any atom is 0.243 e. The number of methoxy groups -OCH3 is 1. The SMILES string of the molecule is COc1cccc(S(=O)(=O)N2CCN(c3cc(-n4cnc(C)c4C)ncn3)CC2)c1. The normalized spacial score (nSPS) is 15.4. The van der Waals surface area contributed by atoms with Crippen LogP contribution in [0.5, 0.6) is 5.75 Å². The summed E-state index contributed by atoms with van der Waals surface area (Å²) < 4.78 is 34.6. The van der Waals surface area contributed by atoms with Gasteiger partial charge in [-0.1, -0.05) is 6.07 Å².